The van der Waals surface area contributed by atoms with Crippen LogP contribution in [-0.2, 0) is 14.4 Å². The van der Waals surface area contributed by atoms with Crippen LogP contribution in [0.2, 0.25) is 0 Å². The Kier molecular flexibility index (Phi) is 6.09. The van der Waals surface area contributed by atoms with E-state index in [-0.39, 0.29) is 0 Å². The van der Waals surface area contributed by atoms with Gasteiger partial charge in [0.15, 0.2) is 11.5 Å². The molecule has 0 bridgehead atoms. The molecule has 0 N–H and O–H groups in total. The Bertz CT molecular complexity index is 523. The Morgan fingerprint density at radius 1 is 1.05 bits per heavy atom. The van der Waals surface area contributed by atoms with E-state index in [0.29, 0.717) is 22.6 Å². The molecule has 1 aromatic rings. The molecule has 0 radical (unpaired) electrons. The minimum Gasteiger partial charge on any atom is -0.493 e. The van der Waals surface area contributed by atoms with Crippen LogP contribution in [0.25, 0.3) is 6.08 Å². The molecule has 6 nitrogen and oxygen atoms in total. The van der Waals surface area contributed by atoms with Gasteiger partial charge in [-0.2, -0.15) is 0 Å². The Morgan fingerprint density at radius 3 is 2.15 bits per heavy atom. The zero-order valence-corrected chi connectivity index (χ0v) is 11.9. The highest BCUT2D eigenvalue weighted by Crippen LogP contribution is 2.30. The summed E-state index contributed by atoms with van der Waals surface area (Å²) in [4.78, 5) is 15.8. The molecule has 0 saturated heterocycles. The normalized spacial score (nSPS) is 10.8. The van der Waals surface area contributed by atoms with E-state index in [2.05, 4.69) is 14.7 Å². The third-order valence-corrected chi connectivity index (χ3v) is 2.49. The number of hydrogen-bond acceptors (Lipinski definition) is 6. The highest BCUT2D eigenvalue weighted by Gasteiger charge is 2.09. The summed E-state index contributed by atoms with van der Waals surface area (Å²) < 4.78 is 15.0. The van der Waals surface area contributed by atoms with E-state index >= 15 is 0 Å². The van der Waals surface area contributed by atoms with E-state index in [0.717, 1.165) is 0 Å². The Balaban J connectivity index is 3.26. The van der Waals surface area contributed by atoms with E-state index in [9.17, 15) is 4.79 Å². The van der Waals surface area contributed by atoms with Crippen molar-refractivity contribution >= 4 is 18.3 Å². The van der Waals surface area contributed by atoms with Crippen LogP contribution in [0.15, 0.2) is 23.4 Å². The number of benzene rings is 1. The molecule has 1 aromatic carbocycles. The lowest BCUT2D eigenvalue weighted by Crippen LogP contribution is -1.97. The standard InChI is InChI=1S/C14H17NO5/c1-17-12-7-10(5-6-14(16)19-3)11(9-15-20-4)8-13(12)18-2/h5-9H,1-4H3/b6-5+,15-9+. The van der Waals surface area contributed by atoms with E-state index in [4.69, 9.17) is 9.47 Å². The molecule has 108 valence electrons. The molecule has 0 heterocycles. The SMILES string of the molecule is CO/N=C/c1cc(OC)c(OC)cc1/C=C/C(=O)OC. The smallest absolute Gasteiger partial charge is 0.330 e. The second kappa shape index (κ2) is 7.83. The lowest BCUT2D eigenvalue weighted by Gasteiger charge is -2.10. The predicted molar refractivity (Wildman–Crippen MR) is 75.2 cm³/mol. The highest BCUT2D eigenvalue weighted by atomic mass is 16.6. The van der Waals surface area contributed by atoms with Gasteiger partial charge in [-0.1, -0.05) is 5.16 Å². The summed E-state index contributed by atoms with van der Waals surface area (Å²) >= 11 is 0. The molecule has 0 amide bonds. The van der Waals surface area contributed by atoms with Gasteiger partial charge in [-0.05, 0) is 23.8 Å². The highest BCUT2D eigenvalue weighted by molar-refractivity contribution is 5.92. The number of methoxy groups -OCH3 is 3. The molecule has 0 aliphatic carbocycles. The third kappa shape index (κ3) is 4.01. The van der Waals surface area contributed by atoms with E-state index < -0.39 is 5.97 Å². The summed E-state index contributed by atoms with van der Waals surface area (Å²) in [5.74, 6) is 0.654. The average molecular weight is 279 g/mol. The molecule has 1 rings (SSSR count). The molecule has 20 heavy (non-hydrogen) atoms. The molecular formula is C14H17NO5. The molecule has 0 atom stereocenters. The molecular weight excluding hydrogens is 262 g/mol. The minimum atomic E-state index is -0.450. The maximum Gasteiger partial charge on any atom is 0.330 e. The maximum atomic E-state index is 11.2. The molecule has 0 spiro atoms. The summed E-state index contributed by atoms with van der Waals surface area (Å²) in [6.45, 7) is 0. The first kappa shape index (κ1) is 15.6. The van der Waals surface area contributed by atoms with Crippen molar-refractivity contribution in [2.45, 2.75) is 0 Å². The van der Waals surface area contributed by atoms with Crippen molar-refractivity contribution in [3.05, 3.63) is 29.3 Å². The Morgan fingerprint density at radius 2 is 1.65 bits per heavy atom. The molecule has 0 aromatic heterocycles. The average Bonchev–Trinajstić information content (AvgIpc) is 2.49. The van der Waals surface area contributed by atoms with Crippen LogP contribution in [0.4, 0.5) is 0 Å². The van der Waals surface area contributed by atoms with Crippen LogP contribution < -0.4 is 9.47 Å². The summed E-state index contributed by atoms with van der Waals surface area (Å²) in [6, 6.07) is 3.47. The maximum absolute atomic E-state index is 11.2. The number of ether oxygens (including phenoxy) is 3. The number of oxime groups is 1. The van der Waals surface area contributed by atoms with Gasteiger partial charge in [-0.3, -0.25) is 0 Å². The first-order valence-electron chi connectivity index (χ1n) is 5.74. The number of rotatable bonds is 6. The van der Waals surface area contributed by atoms with Crippen LogP contribution >= 0.6 is 0 Å². The largest absolute Gasteiger partial charge is 0.493 e. The van der Waals surface area contributed by atoms with Crippen molar-refractivity contribution in [2.24, 2.45) is 5.16 Å². The van der Waals surface area contributed by atoms with Gasteiger partial charge in [0.25, 0.3) is 0 Å². The third-order valence-electron chi connectivity index (χ3n) is 2.49. The van der Waals surface area contributed by atoms with Gasteiger partial charge in [-0.25, -0.2) is 4.79 Å². The molecule has 0 saturated carbocycles. The van der Waals surface area contributed by atoms with Crippen molar-refractivity contribution in [3.63, 3.8) is 0 Å². The molecule has 0 aliphatic heterocycles. The second-order valence-electron chi connectivity index (χ2n) is 3.61. The number of nitrogens with zero attached hydrogens (tertiary/aromatic N) is 1. The summed E-state index contributed by atoms with van der Waals surface area (Å²) in [7, 11) is 5.84. The van der Waals surface area contributed by atoms with Crippen molar-refractivity contribution in [1.29, 1.82) is 0 Å². The fraction of sp³-hybridized carbons (Fsp3) is 0.286. The molecule has 0 aliphatic rings. The van der Waals surface area contributed by atoms with E-state index in [1.807, 2.05) is 0 Å². The summed E-state index contributed by atoms with van der Waals surface area (Å²) in [5.41, 5.74) is 1.43. The first-order valence-corrected chi connectivity index (χ1v) is 5.74. The zero-order valence-electron chi connectivity index (χ0n) is 11.9. The predicted octanol–water partition coefficient (Wildman–Crippen LogP) is 1.87. The number of carbonyl (C=O) groups is 1. The van der Waals surface area contributed by atoms with Crippen molar-refractivity contribution in [1.82, 2.24) is 0 Å². The zero-order chi connectivity index (χ0) is 15.0. The van der Waals surface area contributed by atoms with Gasteiger partial charge in [0, 0.05) is 11.6 Å². The lowest BCUT2D eigenvalue weighted by molar-refractivity contribution is -0.134. The van der Waals surface area contributed by atoms with Gasteiger partial charge in [-0.15, -0.1) is 0 Å². The van der Waals surface area contributed by atoms with E-state index in [1.54, 1.807) is 25.3 Å². The van der Waals surface area contributed by atoms with Crippen LogP contribution in [0.5, 0.6) is 11.5 Å². The van der Waals surface area contributed by atoms with Gasteiger partial charge < -0.3 is 19.0 Å². The second-order valence-corrected chi connectivity index (χ2v) is 3.61. The van der Waals surface area contributed by atoms with Crippen molar-refractivity contribution in [2.75, 3.05) is 28.4 Å². The Hall–Kier alpha value is -2.50. The van der Waals surface area contributed by atoms with Crippen molar-refractivity contribution in [3.8, 4) is 11.5 Å². The number of esters is 1. The van der Waals surface area contributed by atoms with Gasteiger partial charge in [0.2, 0.25) is 0 Å². The summed E-state index contributed by atoms with van der Waals surface area (Å²) in [5, 5.41) is 3.71. The minimum absolute atomic E-state index is 0.450. The fourth-order valence-electron chi connectivity index (χ4n) is 1.50. The molecule has 6 heteroatoms. The quantitative estimate of drug-likeness (QED) is 0.344. The molecule has 0 unspecified atom stereocenters. The van der Waals surface area contributed by atoms with Crippen LogP contribution in [0, 0.1) is 0 Å². The monoisotopic (exact) mass is 279 g/mol. The van der Waals surface area contributed by atoms with Crippen molar-refractivity contribution < 1.29 is 23.8 Å². The van der Waals surface area contributed by atoms with Gasteiger partial charge in [0.05, 0.1) is 27.5 Å². The van der Waals surface area contributed by atoms with Gasteiger partial charge in [0.1, 0.15) is 7.11 Å². The van der Waals surface area contributed by atoms with Crippen LogP contribution in [-0.4, -0.2) is 40.6 Å². The topological polar surface area (TPSA) is 66.3 Å². The lowest BCUT2D eigenvalue weighted by atomic mass is 10.1. The first-order chi connectivity index (χ1) is 9.65. The summed E-state index contributed by atoms with van der Waals surface area (Å²) in [6.07, 6.45) is 4.43. The number of carbonyl (C=O) groups excluding carboxylic acids is 1. The van der Waals surface area contributed by atoms with Gasteiger partial charge >= 0.3 is 5.97 Å². The van der Waals surface area contributed by atoms with Crippen LogP contribution in [0.3, 0.4) is 0 Å². The Labute approximate surface area is 117 Å². The molecule has 0 fully saturated rings. The number of hydrogen-bond donors (Lipinski definition) is 0. The van der Waals surface area contributed by atoms with Crippen LogP contribution in [0.1, 0.15) is 11.1 Å². The fourth-order valence-corrected chi connectivity index (χ4v) is 1.50. The van der Waals surface area contributed by atoms with E-state index in [1.165, 1.54) is 33.6 Å².